The molecule has 144 valence electrons. The van der Waals surface area contributed by atoms with Gasteiger partial charge in [-0.3, -0.25) is 0 Å². The van der Waals surface area contributed by atoms with E-state index in [1.807, 2.05) is 61.5 Å². The first-order valence-corrected chi connectivity index (χ1v) is 8.90. The lowest BCUT2D eigenvalue weighted by molar-refractivity contribution is -0.149. The third-order valence-corrected chi connectivity index (χ3v) is 3.77. The van der Waals surface area contributed by atoms with E-state index in [0.717, 1.165) is 17.0 Å². The Morgan fingerprint density at radius 3 is 2.41 bits per heavy atom. The molecule has 0 spiro atoms. The number of hydrogen-bond donors (Lipinski definition) is 1. The van der Waals surface area contributed by atoms with Crippen LogP contribution in [-0.4, -0.2) is 36.1 Å². The second-order valence-electron chi connectivity index (χ2n) is 5.96. The molecule has 0 saturated carbocycles. The van der Waals surface area contributed by atoms with Gasteiger partial charge in [0.1, 0.15) is 5.75 Å². The Hall–Kier alpha value is -2.86. The molecule has 0 radical (unpaired) electrons. The summed E-state index contributed by atoms with van der Waals surface area (Å²) in [6, 6.07) is 16.7. The quantitative estimate of drug-likeness (QED) is 0.478. The van der Waals surface area contributed by atoms with E-state index in [4.69, 9.17) is 19.4 Å². The number of hydrogen-bond acceptors (Lipinski definition) is 5. The van der Waals surface area contributed by atoms with Gasteiger partial charge in [0.25, 0.3) is 0 Å². The molecule has 1 atom stereocenters. The maximum absolute atomic E-state index is 11.1. The number of oxime groups is 1. The van der Waals surface area contributed by atoms with E-state index in [1.54, 1.807) is 6.92 Å². The van der Waals surface area contributed by atoms with Gasteiger partial charge < -0.3 is 19.4 Å². The van der Waals surface area contributed by atoms with Crippen LogP contribution < -0.4 is 9.57 Å². The minimum atomic E-state index is -0.954. The van der Waals surface area contributed by atoms with Gasteiger partial charge in [-0.25, -0.2) is 4.79 Å². The third-order valence-electron chi connectivity index (χ3n) is 3.77. The number of rotatable bonds is 11. The number of carboxylic acids is 1. The molecular weight excluding hydrogens is 346 g/mol. The highest BCUT2D eigenvalue weighted by Crippen LogP contribution is 2.15. The number of para-hydroxylation sites is 1. The summed E-state index contributed by atoms with van der Waals surface area (Å²) in [6.45, 7) is 4.51. The molecule has 2 aromatic rings. The maximum atomic E-state index is 11.1. The standard InChI is InChI=1S/C21H25NO5/c1-3-25-20(21(23)24)15-17-9-11-18(12-10-17)26-14-13-16(2)22-27-19-7-5-4-6-8-19/h4-12,20H,3,13-15H2,1-2H3,(H,23,24)/b22-16+. The average Bonchev–Trinajstić information content (AvgIpc) is 2.68. The summed E-state index contributed by atoms with van der Waals surface area (Å²) in [5.41, 5.74) is 1.72. The van der Waals surface area contributed by atoms with Crippen LogP contribution in [0, 0.1) is 0 Å². The van der Waals surface area contributed by atoms with Gasteiger partial charge >= 0.3 is 5.97 Å². The molecule has 1 unspecified atom stereocenters. The van der Waals surface area contributed by atoms with E-state index in [1.165, 1.54) is 0 Å². The van der Waals surface area contributed by atoms with Crippen LogP contribution in [0.2, 0.25) is 0 Å². The highest BCUT2D eigenvalue weighted by atomic mass is 16.6. The number of ether oxygens (including phenoxy) is 2. The summed E-state index contributed by atoms with van der Waals surface area (Å²) >= 11 is 0. The van der Waals surface area contributed by atoms with Crippen molar-refractivity contribution in [1.82, 2.24) is 0 Å². The molecule has 6 nitrogen and oxygen atoms in total. The summed E-state index contributed by atoms with van der Waals surface area (Å²) in [4.78, 5) is 16.5. The van der Waals surface area contributed by atoms with E-state index in [9.17, 15) is 4.79 Å². The van der Waals surface area contributed by atoms with Crippen LogP contribution in [0.15, 0.2) is 59.8 Å². The van der Waals surface area contributed by atoms with E-state index in [2.05, 4.69) is 5.16 Å². The van der Waals surface area contributed by atoms with Crippen molar-refractivity contribution in [2.75, 3.05) is 13.2 Å². The first-order valence-electron chi connectivity index (χ1n) is 8.90. The smallest absolute Gasteiger partial charge is 0.333 e. The average molecular weight is 371 g/mol. The zero-order valence-electron chi connectivity index (χ0n) is 15.6. The normalized spacial score (nSPS) is 12.4. The fraction of sp³-hybridized carbons (Fsp3) is 0.333. The topological polar surface area (TPSA) is 77.3 Å². The predicted molar refractivity (Wildman–Crippen MR) is 103 cm³/mol. The maximum Gasteiger partial charge on any atom is 0.333 e. The van der Waals surface area contributed by atoms with Crippen LogP contribution in [0.1, 0.15) is 25.8 Å². The minimum Gasteiger partial charge on any atom is -0.493 e. The molecule has 6 heteroatoms. The minimum absolute atomic E-state index is 0.325. The van der Waals surface area contributed by atoms with E-state index in [-0.39, 0.29) is 0 Å². The van der Waals surface area contributed by atoms with Crippen LogP contribution in [0.4, 0.5) is 0 Å². The van der Waals surface area contributed by atoms with Crippen molar-refractivity contribution in [2.45, 2.75) is 32.8 Å². The lowest BCUT2D eigenvalue weighted by Gasteiger charge is -2.13. The summed E-state index contributed by atoms with van der Waals surface area (Å²) in [5.74, 6) is 0.462. The molecule has 2 aromatic carbocycles. The molecule has 0 bridgehead atoms. The Balaban J connectivity index is 1.76. The number of benzene rings is 2. The van der Waals surface area contributed by atoms with Gasteiger partial charge in [-0.2, -0.15) is 0 Å². The molecule has 0 aliphatic heterocycles. The molecule has 0 saturated heterocycles. The highest BCUT2D eigenvalue weighted by molar-refractivity contribution is 5.81. The Morgan fingerprint density at radius 2 is 1.78 bits per heavy atom. The molecule has 2 rings (SSSR count). The molecule has 0 fully saturated rings. The van der Waals surface area contributed by atoms with Crippen molar-refractivity contribution in [2.24, 2.45) is 5.16 Å². The summed E-state index contributed by atoms with van der Waals surface area (Å²) in [7, 11) is 0. The Bertz CT molecular complexity index is 728. The summed E-state index contributed by atoms with van der Waals surface area (Å²) < 4.78 is 10.9. The largest absolute Gasteiger partial charge is 0.493 e. The van der Waals surface area contributed by atoms with Gasteiger partial charge in [0.15, 0.2) is 11.9 Å². The second kappa shape index (κ2) is 11.0. The molecular formula is C21H25NO5. The highest BCUT2D eigenvalue weighted by Gasteiger charge is 2.17. The predicted octanol–water partition coefficient (Wildman–Crippen LogP) is 3.94. The SMILES string of the molecule is CCOC(Cc1ccc(OCC/C(C)=N/Oc2ccccc2)cc1)C(=O)O. The molecule has 27 heavy (non-hydrogen) atoms. The van der Waals surface area contributed by atoms with Crippen molar-refractivity contribution in [3.63, 3.8) is 0 Å². The van der Waals surface area contributed by atoms with Crippen LogP contribution in [0.3, 0.4) is 0 Å². The van der Waals surface area contributed by atoms with Crippen LogP contribution in [-0.2, 0) is 16.0 Å². The second-order valence-corrected chi connectivity index (χ2v) is 5.96. The Labute approximate surface area is 159 Å². The third kappa shape index (κ3) is 7.50. The van der Waals surface area contributed by atoms with Gasteiger partial charge in [-0.15, -0.1) is 0 Å². The fourth-order valence-corrected chi connectivity index (χ4v) is 2.33. The molecule has 0 heterocycles. The van der Waals surface area contributed by atoms with Crippen molar-refractivity contribution in [1.29, 1.82) is 0 Å². The first kappa shape index (κ1) is 20.5. The fourth-order valence-electron chi connectivity index (χ4n) is 2.33. The molecule has 0 aliphatic carbocycles. The van der Waals surface area contributed by atoms with Crippen LogP contribution in [0.5, 0.6) is 11.5 Å². The zero-order chi connectivity index (χ0) is 19.5. The van der Waals surface area contributed by atoms with Crippen molar-refractivity contribution >= 4 is 11.7 Å². The van der Waals surface area contributed by atoms with Gasteiger partial charge in [-0.05, 0) is 43.7 Å². The van der Waals surface area contributed by atoms with Gasteiger partial charge in [-0.1, -0.05) is 35.5 Å². The zero-order valence-corrected chi connectivity index (χ0v) is 15.6. The van der Waals surface area contributed by atoms with E-state index < -0.39 is 12.1 Å². The lowest BCUT2D eigenvalue weighted by atomic mass is 10.1. The van der Waals surface area contributed by atoms with Gasteiger partial charge in [0, 0.05) is 19.4 Å². The van der Waals surface area contributed by atoms with E-state index >= 15 is 0 Å². The monoisotopic (exact) mass is 371 g/mol. The number of aliphatic carboxylic acids is 1. The van der Waals surface area contributed by atoms with E-state index in [0.29, 0.717) is 31.8 Å². The number of carbonyl (C=O) groups is 1. The first-order chi connectivity index (χ1) is 13.1. The molecule has 0 aliphatic rings. The van der Waals surface area contributed by atoms with Crippen molar-refractivity contribution in [3.05, 3.63) is 60.2 Å². The van der Waals surface area contributed by atoms with Gasteiger partial charge in [0.2, 0.25) is 0 Å². The lowest BCUT2D eigenvalue weighted by Crippen LogP contribution is -2.26. The Kier molecular flexibility index (Phi) is 8.32. The number of nitrogens with zero attached hydrogens (tertiary/aromatic N) is 1. The summed E-state index contributed by atoms with van der Waals surface area (Å²) in [6.07, 6.45) is 0.136. The Morgan fingerprint density at radius 1 is 1.07 bits per heavy atom. The summed E-state index contributed by atoms with van der Waals surface area (Å²) in [5, 5.41) is 13.2. The molecule has 0 aromatic heterocycles. The van der Waals surface area contributed by atoms with Gasteiger partial charge in [0.05, 0.1) is 12.3 Å². The molecule has 1 N–H and O–H groups in total. The van der Waals surface area contributed by atoms with Crippen LogP contribution >= 0.6 is 0 Å². The molecule has 0 amide bonds. The number of carboxylic acid groups (broad SMARTS) is 1. The van der Waals surface area contributed by atoms with Crippen LogP contribution in [0.25, 0.3) is 0 Å². The van der Waals surface area contributed by atoms with Crippen molar-refractivity contribution < 1.29 is 24.2 Å². The van der Waals surface area contributed by atoms with Crippen molar-refractivity contribution in [3.8, 4) is 11.5 Å².